The molecule has 1 aliphatic rings. The summed E-state index contributed by atoms with van der Waals surface area (Å²) in [4.78, 5) is 17.9. The van der Waals surface area contributed by atoms with Crippen molar-refractivity contribution in [2.45, 2.75) is 19.4 Å². The SMILES string of the molecule is CNc1ccc(Cl)c(CN2CCCC(C(N)=O)C2)n1. The summed E-state index contributed by atoms with van der Waals surface area (Å²) in [6.07, 6.45) is 1.86. The van der Waals surface area contributed by atoms with Gasteiger partial charge in [-0.3, -0.25) is 9.69 Å². The maximum absolute atomic E-state index is 11.3. The molecule has 19 heavy (non-hydrogen) atoms. The zero-order valence-electron chi connectivity index (χ0n) is 11.0. The lowest BCUT2D eigenvalue weighted by atomic mass is 9.97. The Bertz CT molecular complexity index is 466. The van der Waals surface area contributed by atoms with E-state index in [1.165, 1.54) is 0 Å². The second-order valence-electron chi connectivity index (χ2n) is 4.85. The second-order valence-corrected chi connectivity index (χ2v) is 5.26. The molecule has 0 spiro atoms. The first-order valence-corrected chi connectivity index (χ1v) is 6.83. The van der Waals surface area contributed by atoms with Crippen LogP contribution in [0.5, 0.6) is 0 Å². The van der Waals surface area contributed by atoms with Gasteiger partial charge in [0.15, 0.2) is 0 Å². The summed E-state index contributed by atoms with van der Waals surface area (Å²) < 4.78 is 0. The zero-order chi connectivity index (χ0) is 13.8. The van der Waals surface area contributed by atoms with Gasteiger partial charge >= 0.3 is 0 Å². The fourth-order valence-electron chi connectivity index (χ4n) is 2.38. The highest BCUT2D eigenvalue weighted by Gasteiger charge is 2.24. The van der Waals surface area contributed by atoms with Crippen molar-refractivity contribution in [1.82, 2.24) is 9.88 Å². The van der Waals surface area contributed by atoms with E-state index in [2.05, 4.69) is 15.2 Å². The first-order valence-electron chi connectivity index (χ1n) is 6.45. The van der Waals surface area contributed by atoms with Crippen molar-refractivity contribution < 1.29 is 4.79 Å². The van der Waals surface area contributed by atoms with Crippen LogP contribution in [-0.4, -0.2) is 35.9 Å². The number of carbonyl (C=O) groups excluding carboxylic acids is 1. The van der Waals surface area contributed by atoms with Crippen LogP contribution in [0.25, 0.3) is 0 Å². The molecule has 1 aromatic heterocycles. The van der Waals surface area contributed by atoms with Gasteiger partial charge in [-0.05, 0) is 31.5 Å². The summed E-state index contributed by atoms with van der Waals surface area (Å²) in [5.41, 5.74) is 6.21. The summed E-state index contributed by atoms with van der Waals surface area (Å²) in [6.45, 7) is 2.29. The molecule has 6 heteroatoms. The number of amides is 1. The molecular weight excluding hydrogens is 264 g/mol. The van der Waals surface area contributed by atoms with E-state index in [9.17, 15) is 4.79 Å². The molecule has 3 N–H and O–H groups in total. The van der Waals surface area contributed by atoms with E-state index in [-0.39, 0.29) is 11.8 Å². The maximum atomic E-state index is 11.3. The predicted molar refractivity (Wildman–Crippen MR) is 76.0 cm³/mol. The number of nitrogens with zero attached hydrogens (tertiary/aromatic N) is 2. The highest BCUT2D eigenvalue weighted by atomic mass is 35.5. The van der Waals surface area contributed by atoms with Gasteiger partial charge in [-0.1, -0.05) is 11.6 Å². The number of anilines is 1. The molecule has 1 amide bonds. The summed E-state index contributed by atoms with van der Waals surface area (Å²) >= 11 is 6.16. The summed E-state index contributed by atoms with van der Waals surface area (Å²) in [5.74, 6) is 0.524. The minimum atomic E-state index is -0.215. The molecule has 0 bridgehead atoms. The standard InChI is InChI=1S/C13H19ClN4O/c1-16-12-5-4-10(14)11(17-12)8-18-6-2-3-9(7-18)13(15)19/h4-5,9H,2-3,6-8H2,1H3,(H2,15,19)(H,16,17). The lowest BCUT2D eigenvalue weighted by Crippen LogP contribution is -2.40. The van der Waals surface area contributed by atoms with Crippen molar-refractivity contribution in [1.29, 1.82) is 0 Å². The number of nitrogens with two attached hydrogens (primary N) is 1. The average molecular weight is 283 g/mol. The van der Waals surface area contributed by atoms with Crippen LogP contribution < -0.4 is 11.1 Å². The molecule has 104 valence electrons. The molecule has 1 atom stereocenters. The molecule has 0 saturated carbocycles. The minimum Gasteiger partial charge on any atom is -0.373 e. The quantitative estimate of drug-likeness (QED) is 0.877. The Morgan fingerprint density at radius 1 is 1.63 bits per heavy atom. The number of pyridine rings is 1. The molecule has 2 heterocycles. The normalized spacial score (nSPS) is 20.2. The molecule has 5 nitrogen and oxygen atoms in total. The predicted octanol–water partition coefficient (Wildman–Crippen LogP) is 1.47. The van der Waals surface area contributed by atoms with Crippen molar-refractivity contribution in [3.63, 3.8) is 0 Å². The van der Waals surface area contributed by atoms with E-state index >= 15 is 0 Å². The number of likely N-dealkylation sites (tertiary alicyclic amines) is 1. The van der Waals surface area contributed by atoms with Gasteiger partial charge in [-0.25, -0.2) is 4.98 Å². The Balaban J connectivity index is 2.06. The number of primary amides is 1. The lowest BCUT2D eigenvalue weighted by molar-refractivity contribution is -0.123. The number of piperidine rings is 1. The summed E-state index contributed by atoms with van der Waals surface area (Å²) in [7, 11) is 1.82. The molecule has 0 aromatic carbocycles. The minimum absolute atomic E-state index is 0.0555. The topological polar surface area (TPSA) is 71.2 Å². The van der Waals surface area contributed by atoms with Crippen molar-refractivity contribution in [2.24, 2.45) is 11.7 Å². The third kappa shape index (κ3) is 3.58. The van der Waals surface area contributed by atoms with E-state index in [4.69, 9.17) is 17.3 Å². The fraction of sp³-hybridized carbons (Fsp3) is 0.538. The average Bonchev–Trinajstić information content (AvgIpc) is 2.41. The zero-order valence-corrected chi connectivity index (χ0v) is 11.8. The van der Waals surface area contributed by atoms with Gasteiger partial charge < -0.3 is 11.1 Å². The van der Waals surface area contributed by atoms with Gasteiger partial charge in [-0.2, -0.15) is 0 Å². The number of hydrogen-bond donors (Lipinski definition) is 2. The van der Waals surface area contributed by atoms with Crippen LogP contribution in [0.1, 0.15) is 18.5 Å². The molecular formula is C13H19ClN4O. The second kappa shape index (κ2) is 6.21. The smallest absolute Gasteiger partial charge is 0.221 e. The van der Waals surface area contributed by atoms with E-state index in [0.717, 1.165) is 30.9 Å². The third-order valence-corrected chi connectivity index (χ3v) is 3.80. The van der Waals surface area contributed by atoms with Crippen LogP contribution in [-0.2, 0) is 11.3 Å². The van der Waals surface area contributed by atoms with Gasteiger partial charge in [0.2, 0.25) is 5.91 Å². The Labute approximate surface area is 118 Å². The monoisotopic (exact) mass is 282 g/mol. The molecule has 1 aromatic rings. The molecule has 0 radical (unpaired) electrons. The summed E-state index contributed by atoms with van der Waals surface area (Å²) in [6, 6.07) is 3.68. The van der Waals surface area contributed by atoms with Crippen LogP contribution in [0.2, 0.25) is 5.02 Å². The van der Waals surface area contributed by atoms with Crippen molar-refractivity contribution in [3.05, 3.63) is 22.8 Å². The Morgan fingerprint density at radius 2 is 2.42 bits per heavy atom. The van der Waals surface area contributed by atoms with Crippen molar-refractivity contribution >= 4 is 23.3 Å². The molecule has 1 fully saturated rings. The van der Waals surface area contributed by atoms with Crippen LogP contribution in [0.3, 0.4) is 0 Å². The molecule has 1 aliphatic heterocycles. The molecule has 1 unspecified atom stereocenters. The largest absolute Gasteiger partial charge is 0.373 e. The Kier molecular flexibility index (Phi) is 4.61. The van der Waals surface area contributed by atoms with Gasteiger partial charge in [0.1, 0.15) is 5.82 Å². The van der Waals surface area contributed by atoms with Crippen LogP contribution in [0.4, 0.5) is 5.82 Å². The van der Waals surface area contributed by atoms with Gasteiger partial charge in [0.05, 0.1) is 16.6 Å². The highest BCUT2D eigenvalue weighted by Crippen LogP contribution is 2.22. The molecule has 0 aliphatic carbocycles. The molecule has 1 saturated heterocycles. The first-order chi connectivity index (χ1) is 9.10. The van der Waals surface area contributed by atoms with Crippen molar-refractivity contribution in [3.8, 4) is 0 Å². The number of hydrogen-bond acceptors (Lipinski definition) is 4. The van der Waals surface area contributed by atoms with E-state index in [1.807, 2.05) is 19.2 Å². The van der Waals surface area contributed by atoms with Crippen LogP contribution in [0.15, 0.2) is 12.1 Å². The van der Waals surface area contributed by atoms with Gasteiger partial charge in [0.25, 0.3) is 0 Å². The highest BCUT2D eigenvalue weighted by molar-refractivity contribution is 6.31. The number of carbonyl (C=O) groups is 1. The third-order valence-electron chi connectivity index (χ3n) is 3.46. The van der Waals surface area contributed by atoms with E-state index < -0.39 is 0 Å². The maximum Gasteiger partial charge on any atom is 0.221 e. The van der Waals surface area contributed by atoms with Gasteiger partial charge in [0, 0.05) is 20.1 Å². The number of halogens is 1. The lowest BCUT2D eigenvalue weighted by Gasteiger charge is -2.31. The molecule has 2 rings (SSSR count). The summed E-state index contributed by atoms with van der Waals surface area (Å²) in [5, 5.41) is 3.65. The first kappa shape index (κ1) is 14.1. The number of nitrogens with one attached hydrogen (secondary N) is 1. The Morgan fingerprint density at radius 3 is 3.11 bits per heavy atom. The van der Waals surface area contributed by atoms with E-state index in [0.29, 0.717) is 18.1 Å². The van der Waals surface area contributed by atoms with Crippen LogP contribution in [0, 0.1) is 5.92 Å². The van der Waals surface area contributed by atoms with Gasteiger partial charge in [-0.15, -0.1) is 0 Å². The van der Waals surface area contributed by atoms with Crippen molar-refractivity contribution in [2.75, 3.05) is 25.5 Å². The van der Waals surface area contributed by atoms with E-state index in [1.54, 1.807) is 0 Å². The Hall–Kier alpha value is -1.33. The van der Waals surface area contributed by atoms with Crippen LogP contribution >= 0.6 is 11.6 Å². The number of rotatable bonds is 4. The number of aromatic nitrogens is 1. The fourth-order valence-corrected chi connectivity index (χ4v) is 2.54.